The normalized spacial score (nSPS) is 10.4. The largest absolute Gasteiger partial charge is 0.496 e. The first-order valence-corrected chi connectivity index (χ1v) is 9.27. The molecule has 0 atom stereocenters. The minimum absolute atomic E-state index is 0.260. The van der Waals surface area contributed by atoms with Crippen molar-refractivity contribution in [3.63, 3.8) is 0 Å². The number of esters is 1. The second-order valence-electron chi connectivity index (χ2n) is 6.44. The molecule has 0 aliphatic rings. The van der Waals surface area contributed by atoms with Crippen LogP contribution < -0.4 is 19.5 Å². The fourth-order valence-electron chi connectivity index (χ4n) is 3.00. The van der Waals surface area contributed by atoms with Crippen LogP contribution in [0.2, 0.25) is 0 Å². The maximum atomic E-state index is 12.5. The van der Waals surface area contributed by atoms with E-state index in [1.165, 1.54) is 7.11 Å². The van der Waals surface area contributed by atoms with Crippen LogP contribution in [0.3, 0.4) is 0 Å². The van der Waals surface area contributed by atoms with E-state index >= 15 is 0 Å². The minimum atomic E-state index is -0.626. The summed E-state index contributed by atoms with van der Waals surface area (Å²) in [5, 5.41) is 4.53. The smallest absolute Gasteiger partial charge is 0.342 e. The van der Waals surface area contributed by atoms with Crippen LogP contribution in [-0.4, -0.2) is 39.8 Å². The van der Waals surface area contributed by atoms with E-state index in [-0.39, 0.29) is 12.1 Å². The number of ether oxygens (including phenoxy) is 4. The first kappa shape index (κ1) is 21.0. The van der Waals surface area contributed by atoms with Crippen molar-refractivity contribution in [3.8, 4) is 17.2 Å². The number of nitrogens with one attached hydrogen (secondary N) is 1. The molecule has 3 aromatic rings. The van der Waals surface area contributed by atoms with E-state index in [0.717, 1.165) is 16.3 Å². The average Bonchev–Trinajstić information content (AvgIpc) is 2.79. The number of fused-ring (bicyclic) bond motifs is 1. The first-order chi connectivity index (χ1) is 14.5. The molecule has 156 valence electrons. The molecule has 0 unspecified atom stereocenters. The molecular formula is C23H23NO6. The summed E-state index contributed by atoms with van der Waals surface area (Å²) in [6.45, 7) is -0.141. The van der Waals surface area contributed by atoms with Gasteiger partial charge in [0.25, 0.3) is 5.91 Å². The zero-order chi connectivity index (χ0) is 21.5. The molecule has 7 heteroatoms. The molecule has 0 radical (unpaired) electrons. The Morgan fingerprint density at radius 3 is 2.13 bits per heavy atom. The highest BCUT2D eigenvalue weighted by molar-refractivity contribution is 5.99. The van der Waals surface area contributed by atoms with Gasteiger partial charge in [0.15, 0.2) is 18.1 Å². The number of carbonyl (C=O) groups excluding carboxylic acids is 2. The van der Waals surface area contributed by atoms with Gasteiger partial charge in [0, 0.05) is 6.54 Å². The average molecular weight is 409 g/mol. The molecular weight excluding hydrogens is 386 g/mol. The number of carbonyl (C=O) groups is 2. The molecule has 7 nitrogen and oxygen atoms in total. The van der Waals surface area contributed by atoms with E-state index in [0.29, 0.717) is 17.2 Å². The predicted octanol–water partition coefficient (Wildman–Crippen LogP) is 3.34. The SMILES string of the molecule is COc1ccc(CNC(=O)COC(=O)c2cc3ccccc3cc2OC)cc1OC. The lowest BCUT2D eigenvalue weighted by atomic mass is 10.1. The fraction of sp³-hybridized carbons (Fsp3) is 0.217. The van der Waals surface area contributed by atoms with Gasteiger partial charge in [-0.25, -0.2) is 4.79 Å². The molecule has 3 rings (SSSR count). The number of hydrogen-bond acceptors (Lipinski definition) is 6. The van der Waals surface area contributed by atoms with Gasteiger partial charge in [-0.15, -0.1) is 0 Å². The number of hydrogen-bond donors (Lipinski definition) is 1. The van der Waals surface area contributed by atoms with E-state index in [1.807, 2.05) is 30.3 Å². The maximum Gasteiger partial charge on any atom is 0.342 e. The third kappa shape index (κ3) is 4.81. The van der Waals surface area contributed by atoms with E-state index in [2.05, 4.69) is 5.32 Å². The van der Waals surface area contributed by atoms with Gasteiger partial charge in [-0.05, 0) is 40.6 Å². The molecule has 0 aliphatic carbocycles. The monoisotopic (exact) mass is 409 g/mol. The second kappa shape index (κ2) is 9.65. The molecule has 0 aliphatic heterocycles. The van der Waals surface area contributed by atoms with Crippen LogP contribution in [0, 0.1) is 0 Å². The van der Waals surface area contributed by atoms with Gasteiger partial charge in [0.1, 0.15) is 11.3 Å². The van der Waals surface area contributed by atoms with Crippen LogP contribution in [0.4, 0.5) is 0 Å². The first-order valence-electron chi connectivity index (χ1n) is 9.27. The summed E-state index contributed by atoms with van der Waals surface area (Å²) >= 11 is 0. The number of benzene rings is 3. The summed E-state index contributed by atoms with van der Waals surface area (Å²) in [4.78, 5) is 24.6. The Morgan fingerprint density at radius 2 is 1.47 bits per heavy atom. The van der Waals surface area contributed by atoms with Gasteiger partial charge in [-0.3, -0.25) is 4.79 Å². The quantitative estimate of drug-likeness (QED) is 0.575. The van der Waals surface area contributed by atoms with Gasteiger partial charge >= 0.3 is 5.97 Å². The second-order valence-corrected chi connectivity index (χ2v) is 6.44. The van der Waals surface area contributed by atoms with Gasteiger partial charge in [-0.2, -0.15) is 0 Å². The van der Waals surface area contributed by atoms with Crippen LogP contribution in [0.15, 0.2) is 54.6 Å². The molecule has 3 aromatic carbocycles. The lowest BCUT2D eigenvalue weighted by Crippen LogP contribution is -2.28. The Morgan fingerprint density at radius 1 is 0.800 bits per heavy atom. The Balaban J connectivity index is 1.59. The summed E-state index contributed by atoms with van der Waals surface area (Å²) in [6, 6.07) is 16.4. The van der Waals surface area contributed by atoms with E-state index in [4.69, 9.17) is 18.9 Å². The molecule has 1 N–H and O–H groups in total. The zero-order valence-corrected chi connectivity index (χ0v) is 17.1. The third-order valence-corrected chi connectivity index (χ3v) is 4.56. The van der Waals surface area contributed by atoms with E-state index in [1.54, 1.807) is 38.5 Å². The van der Waals surface area contributed by atoms with Gasteiger partial charge in [0.05, 0.1) is 21.3 Å². The summed E-state index contributed by atoms with van der Waals surface area (Å²) in [5.41, 5.74) is 1.09. The van der Waals surface area contributed by atoms with Gasteiger partial charge in [0.2, 0.25) is 0 Å². The lowest BCUT2D eigenvalue weighted by Gasteiger charge is -2.12. The molecule has 0 fully saturated rings. The van der Waals surface area contributed by atoms with Crippen LogP contribution in [0.1, 0.15) is 15.9 Å². The number of methoxy groups -OCH3 is 3. The number of amides is 1. The molecule has 0 spiro atoms. The van der Waals surface area contributed by atoms with Crippen molar-refractivity contribution in [2.24, 2.45) is 0 Å². The van der Waals surface area contributed by atoms with Crippen LogP contribution >= 0.6 is 0 Å². The Hall–Kier alpha value is -3.74. The molecule has 0 saturated carbocycles. The van der Waals surface area contributed by atoms with E-state index in [9.17, 15) is 9.59 Å². The highest BCUT2D eigenvalue weighted by Crippen LogP contribution is 2.28. The van der Waals surface area contributed by atoms with Gasteiger partial charge < -0.3 is 24.3 Å². The minimum Gasteiger partial charge on any atom is -0.496 e. The molecule has 0 aromatic heterocycles. The van der Waals surface area contributed by atoms with Crippen molar-refractivity contribution in [3.05, 3.63) is 65.7 Å². The Bertz CT molecular complexity index is 1060. The van der Waals surface area contributed by atoms with Crippen molar-refractivity contribution in [2.45, 2.75) is 6.54 Å². The molecule has 0 heterocycles. The third-order valence-electron chi connectivity index (χ3n) is 4.56. The van der Waals surface area contributed by atoms with Crippen molar-refractivity contribution >= 4 is 22.6 Å². The van der Waals surface area contributed by atoms with Crippen LogP contribution in [0.5, 0.6) is 17.2 Å². The van der Waals surface area contributed by atoms with E-state index < -0.39 is 18.5 Å². The maximum absolute atomic E-state index is 12.5. The zero-order valence-electron chi connectivity index (χ0n) is 17.1. The molecule has 0 saturated heterocycles. The van der Waals surface area contributed by atoms with Crippen molar-refractivity contribution in [1.29, 1.82) is 0 Å². The Kier molecular flexibility index (Phi) is 6.75. The summed E-state index contributed by atoms with van der Waals surface area (Å²) < 4.78 is 20.9. The topological polar surface area (TPSA) is 83.1 Å². The highest BCUT2D eigenvalue weighted by Gasteiger charge is 2.16. The highest BCUT2D eigenvalue weighted by atomic mass is 16.5. The standard InChI is InChI=1S/C23H23NO6/c1-27-19-9-8-15(10-21(19)29-3)13-24-22(25)14-30-23(26)18-11-16-6-4-5-7-17(16)12-20(18)28-2/h4-12H,13-14H2,1-3H3,(H,24,25). The van der Waals surface area contributed by atoms with Crippen LogP contribution in [-0.2, 0) is 16.1 Å². The van der Waals surface area contributed by atoms with Crippen molar-refractivity contribution in [2.75, 3.05) is 27.9 Å². The van der Waals surface area contributed by atoms with Gasteiger partial charge in [-0.1, -0.05) is 30.3 Å². The summed E-state index contributed by atoms with van der Waals surface area (Å²) in [5.74, 6) is 0.520. The predicted molar refractivity (Wildman–Crippen MR) is 112 cm³/mol. The molecule has 0 bridgehead atoms. The molecule has 1 amide bonds. The summed E-state index contributed by atoms with van der Waals surface area (Å²) in [7, 11) is 4.58. The fourth-order valence-corrected chi connectivity index (χ4v) is 3.00. The van der Waals surface area contributed by atoms with Crippen molar-refractivity contribution in [1.82, 2.24) is 5.32 Å². The Labute approximate surface area is 174 Å². The molecule has 30 heavy (non-hydrogen) atoms. The van der Waals surface area contributed by atoms with Crippen molar-refractivity contribution < 1.29 is 28.5 Å². The summed E-state index contributed by atoms with van der Waals surface area (Å²) in [6.07, 6.45) is 0. The van der Waals surface area contributed by atoms with Crippen LogP contribution in [0.25, 0.3) is 10.8 Å². The lowest BCUT2D eigenvalue weighted by molar-refractivity contribution is -0.124. The number of rotatable bonds is 8.